The molecule has 2 N–H and O–H groups in total. The van der Waals surface area contributed by atoms with Gasteiger partial charge < -0.3 is 19.2 Å². The fourth-order valence-corrected chi connectivity index (χ4v) is 2.11. The molecule has 140 valence electrons. The van der Waals surface area contributed by atoms with Crippen molar-refractivity contribution < 1.29 is 23.5 Å². The van der Waals surface area contributed by atoms with Crippen molar-refractivity contribution in [2.24, 2.45) is 0 Å². The van der Waals surface area contributed by atoms with E-state index >= 15 is 0 Å². The second kappa shape index (κ2) is 10.1. The molecule has 3 amide bonds. The molecular formula is C18H23N3O5. The highest BCUT2D eigenvalue weighted by molar-refractivity contribution is 5.95. The Balaban J connectivity index is 1.60. The molecule has 0 atom stereocenters. The molecule has 0 saturated carbocycles. The Bertz CT molecular complexity index is 685. The van der Waals surface area contributed by atoms with Crippen LogP contribution in [0.2, 0.25) is 0 Å². The summed E-state index contributed by atoms with van der Waals surface area (Å²) in [6.45, 7) is 1.26. The van der Waals surface area contributed by atoms with Gasteiger partial charge in [0.1, 0.15) is 23.9 Å². The number of nitrogens with one attached hydrogen (secondary N) is 2. The Morgan fingerprint density at radius 1 is 1.15 bits per heavy atom. The van der Waals surface area contributed by atoms with Crippen LogP contribution in [-0.2, 0) is 11.3 Å². The molecule has 2 aromatic rings. The van der Waals surface area contributed by atoms with Crippen molar-refractivity contribution >= 4 is 11.9 Å². The average molecular weight is 361 g/mol. The zero-order chi connectivity index (χ0) is 18.8. The minimum Gasteiger partial charge on any atom is -0.497 e. The number of furan rings is 1. The SMILES string of the molecule is COc1ccc(OCCN(C)CC(=O)NC(=O)NCc2ccco2)cc1. The molecule has 0 aliphatic rings. The predicted molar refractivity (Wildman–Crippen MR) is 95.1 cm³/mol. The summed E-state index contributed by atoms with van der Waals surface area (Å²) in [5.41, 5.74) is 0. The maximum Gasteiger partial charge on any atom is 0.321 e. The van der Waals surface area contributed by atoms with E-state index in [2.05, 4.69) is 10.6 Å². The highest BCUT2D eigenvalue weighted by Crippen LogP contribution is 2.16. The summed E-state index contributed by atoms with van der Waals surface area (Å²) in [5, 5.41) is 4.81. The number of methoxy groups -OCH3 is 1. The van der Waals surface area contributed by atoms with Gasteiger partial charge in [0.05, 0.1) is 26.5 Å². The monoisotopic (exact) mass is 361 g/mol. The van der Waals surface area contributed by atoms with Crippen LogP contribution in [0.5, 0.6) is 11.5 Å². The average Bonchev–Trinajstić information content (AvgIpc) is 3.14. The van der Waals surface area contributed by atoms with Crippen LogP contribution in [0.25, 0.3) is 0 Å². The number of carbonyl (C=O) groups is 2. The molecule has 26 heavy (non-hydrogen) atoms. The highest BCUT2D eigenvalue weighted by Gasteiger charge is 2.10. The lowest BCUT2D eigenvalue weighted by molar-refractivity contribution is -0.120. The molecule has 2 rings (SSSR count). The summed E-state index contributed by atoms with van der Waals surface area (Å²) >= 11 is 0. The molecule has 1 heterocycles. The van der Waals surface area contributed by atoms with Gasteiger partial charge in [0, 0.05) is 6.54 Å². The molecule has 0 fully saturated rings. The number of nitrogens with zero attached hydrogens (tertiary/aromatic N) is 1. The summed E-state index contributed by atoms with van der Waals surface area (Å²) in [7, 11) is 3.38. The Kier molecular flexibility index (Phi) is 7.50. The minimum atomic E-state index is -0.561. The number of amides is 3. The third-order valence-corrected chi connectivity index (χ3v) is 3.47. The summed E-state index contributed by atoms with van der Waals surface area (Å²) < 4.78 is 15.8. The van der Waals surface area contributed by atoms with Crippen LogP contribution >= 0.6 is 0 Å². The van der Waals surface area contributed by atoms with E-state index in [4.69, 9.17) is 13.9 Å². The second-order valence-electron chi connectivity index (χ2n) is 5.57. The number of rotatable bonds is 9. The van der Waals surface area contributed by atoms with Crippen LogP contribution in [0.4, 0.5) is 4.79 Å². The van der Waals surface area contributed by atoms with E-state index in [1.165, 1.54) is 6.26 Å². The fourth-order valence-electron chi connectivity index (χ4n) is 2.11. The second-order valence-corrected chi connectivity index (χ2v) is 5.57. The van der Waals surface area contributed by atoms with Crippen molar-refractivity contribution in [3.63, 3.8) is 0 Å². The summed E-state index contributed by atoms with van der Waals surface area (Å²) in [5.74, 6) is 1.70. The van der Waals surface area contributed by atoms with Gasteiger partial charge in [-0.25, -0.2) is 4.79 Å². The lowest BCUT2D eigenvalue weighted by Gasteiger charge is -2.16. The van der Waals surface area contributed by atoms with Gasteiger partial charge in [-0.3, -0.25) is 15.0 Å². The maximum atomic E-state index is 11.8. The smallest absolute Gasteiger partial charge is 0.321 e. The van der Waals surface area contributed by atoms with Gasteiger partial charge in [0.15, 0.2) is 0 Å². The van der Waals surface area contributed by atoms with Crippen molar-refractivity contribution in [2.75, 3.05) is 33.9 Å². The van der Waals surface area contributed by atoms with Crippen LogP contribution in [0.3, 0.4) is 0 Å². The van der Waals surface area contributed by atoms with Gasteiger partial charge in [-0.05, 0) is 43.4 Å². The lowest BCUT2D eigenvalue weighted by Crippen LogP contribution is -2.44. The van der Waals surface area contributed by atoms with Crippen molar-refractivity contribution in [1.82, 2.24) is 15.5 Å². The zero-order valence-electron chi connectivity index (χ0n) is 14.9. The number of imide groups is 1. The molecule has 8 heteroatoms. The Morgan fingerprint density at radius 3 is 2.54 bits per heavy atom. The van der Waals surface area contributed by atoms with Gasteiger partial charge in [0.2, 0.25) is 5.91 Å². The first-order chi connectivity index (χ1) is 12.6. The third kappa shape index (κ3) is 6.86. The topological polar surface area (TPSA) is 93.0 Å². The van der Waals surface area contributed by atoms with Crippen molar-refractivity contribution in [1.29, 1.82) is 0 Å². The predicted octanol–water partition coefficient (Wildman–Crippen LogP) is 1.62. The molecule has 8 nitrogen and oxygen atoms in total. The fraction of sp³-hybridized carbons (Fsp3) is 0.333. The number of likely N-dealkylation sites (N-methyl/N-ethyl adjacent to an activating group) is 1. The standard InChI is InChI=1S/C18H23N3O5/c1-21(9-11-26-15-7-5-14(24-2)6-8-15)13-17(22)20-18(23)19-12-16-4-3-10-25-16/h3-8,10H,9,11-13H2,1-2H3,(H2,19,20,22,23). The third-order valence-electron chi connectivity index (χ3n) is 3.47. The number of ether oxygens (including phenoxy) is 2. The number of urea groups is 1. The van der Waals surface area contributed by atoms with Crippen molar-refractivity contribution in [3.05, 3.63) is 48.4 Å². The molecule has 0 radical (unpaired) electrons. The van der Waals surface area contributed by atoms with Crippen LogP contribution in [0.1, 0.15) is 5.76 Å². The van der Waals surface area contributed by atoms with E-state index in [1.54, 1.807) is 31.2 Å². The van der Waals surface area contributed by atoms with Gasteiger partial charge in [-0.1, -0.05) is 0 Å². The van der Waals surface area contributed by atoms with E-state index in [0.717, 1.165) is 11.5 Å². The highest BCUT2D eigenvalue weighted by atomic mass is 16.5. The molecule has 1 aromatic heterocycles. The van der Waals surface area contributed by atoms with Crippen LogP contribution < -0.4 is 20.1 Å². The number of carbonyl (C=O) groups excluding carboxylic acids is 2. The Hall–Kier alpha value is -3.00. The van der Waals surface area contributed by atoms with Crippen LogP contribution in [-0.4, -0.2) is 50.7 Å². The van der Waals surface area contributed by atoms with Gasteiger partial charge in [-0.2, -0.15) is 0 Å². The van der Waals surface area contributed by atoms with Gasteiger partial charge in [0.25, 0.3) is 0 Å². The van der Waals surface area contributed by atoms with E-state index < -0.39 is 11.9 Å². The van der Waals surface area contributed by atoms with E-state index in [-0.39, 0.29) is 13.1 Å². The van der Waals surface area contributed by atoms with E-state index in [1.807, 2.05) is 24.3 Å². The molecule has 0 unspecified atom stereocenters. The molecule has 0 bridgehead atoms. The maximum absolute atomic E-state index is 11.8. The number of hydrogen-bond acceptors (Lipinski definition) is 6. The van der Waals surface area contributed by atoms with E-state index in [9.17, 15) is 9.59 Å². The lowest BCUT2D eigenvalue weighted by atomic mass is 10.3. The largest absolute Gasteiger partial charge is 0.497 e. The van der Waals surface area contributed by atoms with Crippen LogP contribution in [0.15, 0.2) is 47.1 Å². The molecule has 1 aromatic carbocycles. The number of hydrogen-bond donors (Lipinski definition) is 2. The summed E-state index contributed by atoms with van der Waals surface area (Å²) in [6.07, 6.45) is 1.52. The molecule has 0 aliphatic carbocycles. The molecular weight excluding hydrogens is 338 g/mol. The Morgan fingerprint density at radius 2 is 1.88 bits per heavy atom. The molecule has 0 aliphatic heterocycles. The van der Waals surface area contributed by atoms with Crippen molar-refractivity contribution in [3.8, 4) is 11.5 Å². The first-order valence-electron chi connectivity index (χ1n) is 8.12. The molecule has 0 spiro atoms. The van der Waals surface area contributed by atoms with E-state index in [0.29, 0.717) is 18.9 Å². The first-order valence-corrected chi connectivity index (χ1v) is 8.12. The first kappa shape index (κ1) is 19.3. The minimum absolute atomic E-state index is 0.0835. The van der Waals surface area contributed by atoms with Crippen molar-refractivity contribution in [2.45, 2.75) is 6.54 Å². The van der Waals surface area contributed by atoms with Gasteiger partial charge >= 0.3 is 6.03 Å². The zero-order valence-corrected chi connectivity index (χ0v) is 14.9. The quantitative estimate of drug-likeness (QED) is 0.705. The van der Waals surface area contributed by atoms with Gasteiger partial charge in [-0.15, -0.1) is 0 Å². The molecule has 0 saturated heterocycles. The number of benzene rings is 1. The normalized spacial score (nSPS) is 10.4. The summed E-state index contributed by atoms with van der Waals surface area (Å²) in [4.78, 5) is 25.2. The van der Waals surface area contributed by atoms with Crippen LogP contribution in [0, 0.1) is 0 Å². The summed E-state index contributed by atoms with van der Waals surface area (Å²) in [6, 6.07) is 10.2. The Labute approximate surface area is 152 Å².